The first-order valence-corrected chi connectivity index (χ1v) is 8.74. The molecule has 0 aliphatic carbocycles. The molecule has 4 rings (SSSR count). The molecular weight excluding hydrogens is 378 g/mol. The molecule has 0 aliphatic heterocycles. The minimum Gasteiger partial charge on any atom is -0.422 e. The van der Waals surface area contributed by atoms with E-state index in [-0.39, 0.29) is 23.5 Å². The molecule has 0 radical (unpaired) electrons. The average molecular weight is 392 g/mol. The second-order valence-electron chi connectivity index (χ2n) is 6.31. The fourth-order valence-electron chi connectivity index (χ4n) is 2.95. The van der Waals surface area contributed by atoms with Gasteiger partial charge in [-0.3, -0.25) is 4.79 Å². The number of hydrogen-bond acceptors (Lipinski definition) is 4. The summed E-state index contributed by atoms with van der Waals surface area (Å²) in [7, 11) is 0. The maximum atomic E-state index is 13.4. The first kappa shape index (κ1) is 18.5. The number of esters is 1. The van der Waals surface area contributed by atoms with E-state index in [0.717, 1.165) is 23.8 Å². The number of hydrogen-bond donors (Lipinski definition) is 0. The zero-order valence-electron chi connectivity index (χ0n) is 15.0. The van der Waals surface area contributed by atoms with Crippen LogP contribution in [0.5, 0.6) is 5.75 Å². The summed E-state index contributed by atoms with van der Waals surface area (Å²) in [5.41, 5.74) is 0.381. The first-order chi connectivity index (χ1) is 14.0. The molecule has 0 bridgehead atoms. The predicted molar refractivity (Wildman–Crippen MR) is 103 cm³/mol. The third-order valence-electron chi connectivity index (χ3n) is 4.34. The maximum absolute atomic E-state index is 13.4. The Hall–Kier alpha value is -3.87. The summed E-state index contributed by atoms with van der Waals surface area (Å²) in [5.74, 6) is -3.23. The molecule has 0 unspecified atom stereocenters. The van der Waals surface area contributed by atoms with E-state index < -0.39 is 17.6 Å². The van der Waals surface area contributed by atoms with E-state index in [2.05, 4.69) is 5.10 Å². The Morgan fingerprint density at radius 1 is 0.897 bits per heavy atom. The van der Waals surface area contributed by atoms with Crippen molar-refractivity contribution in [2.75, 3.05) is 0 Å². The molecule has 0 aliphatic rings. The van der Waals surface area contributed by atoms with Crippen molar-refractivity contribution in [2.24, 2.45) is 0 Å². The van der Waals surface area contributed by atoms with E-state index in [9.17, 15) is 18.4 Å². The van der Waals surface area contributed by atoms with Gasteiger partial charge in [0.15, 0.2) is 17.3 Å². The third-order valence-corrected chi connectivity index (χ3v) is 4.34. The Morgan fingerprint density at radius 3 is 2.31 bits per heavy atom. The number of carbonyl (C=O) groups excluding carboxylic acids is 1. The van der Waals surface area contributed by atoms with Gasteiger partial charge in [0.2, 0.25) is 0 Å². The maximum Gasteiger partial charge on any atom is 0.364 e. The van der Waals surface area contributed by atoms with Crippen LogP contribution in [0.2, 0.25) is 0 Å². The van der Waals surface area contributed by atoms with Crippen LogP contribution in [0.25, 0.3) is 10.8 Å². The minimum absolute atomic E-state index is 0.0964. The summed E-state index contributed by atoms with van der Waals surface area (Å²) < 4.78 is 32.9. The molecule has 0 saturated carbocycles. The van der Waals surface area contributed by atoms with E-state index in [0.29, 0.717) is 10.8 Å². The van der Waals surface area contributed by atoms with Crippen molar-refractivity contribution in [3.05, 3.63) is 106 Å². The fraction of sp³-hybridized carbons (Fsp3) is 0.0455. The lowest BCUT2D eigenvalue weighted by Crippen LogP contribution is -2.27. The number of fused-ring (bicyclic) bond motifs is 1. The second-order valence-corrected chi connectivity index (χ2v) is 6.31. The van der Waals surface area contributed by atoms with Crippen LogP contribution in [0, 0.1) is 11.6 Å². The highest BCUT2D eigenvalue weighted by Crippen LogP contribution is 2.19. The van der Waals surface area contributed by atoms with Crippen LogP contribution in [0.3, 0.4) is 0 Å². The van der Waals surface area contributed by atoms with Crippen LogP contribution >= 0.6 is 0 Å². The van der Waals surface area contributed by atoms with Crippen molar-refractivity contribution in [1.82, 2.24) is 9.78 Å². The lowest BCUT2D eigenvalue weighted by atomic mass is 10.1. The molecule has 5 nitrogen and oxygen atoms in total. The van der Waals surface area contributed by atoms with Gasteiger partial charge in [-0.05, 0) is 23.8 Å². The van der Waals surface area contributed by atoms with Crippen molar-refractivity contribution in [1.29, 1.82) is 0 Å². The molecule has 3 aromatic carbocycles. The van der Waals surface area contributed by atoms with E-state index in [1.165, 1.54) is 4.68 Å². The summed E-state index contributed by atoms with van der Waals surface area (Å²) in [4.78, 5) is 25.5. The highest BCUT2D eigenvalue weighted by molar-refractivity contribution is 6.02. The Bertz CT molecular complexity index is 1270. The smallest absolute Gasteiger partial charge is 0.364 e. The number of carbonyl (C=O) groups is 1. The van der Waals surface area contributed by atoms with Gasteiger partial charge >= 0.3 is 5.97 Å². The van der Waals surface area contributed by atoms with Gasteiger partial charge in [0, 0.05) is 11.5 Å². The normalized spacial score (nSPS) is 10.8. The first-order valence-electron chi connectivity index (χ1n) is 8.74. The van der Waals surface area contributed by atoms with Crippen LogP contribution in [0.1, 0.15) is 16.1 Å². The summed E-state index contributed by atoms with van der Waals surface area (Å²) >= 11 is 0. The van der Waals surface area contributed by atoms with Crippen LogP contribution in [-0.4, -0.2) is 15.7 Å². The molecule has 1 aromatic heterocycles. The van der Waals surface area contributed by atoms with E-state index in [1.807, 2.05) is 30.3 Å². The van der Waals surface area contributed by atoms with E-state index >= 15 is 0 Å². The molecule has 29 heavy (non-hydrogen) atoms. The zero-order chi connectivity index (χ0) is 20.4. The zero-order valence-corrected chi connectivity index (χ0v) is 15.0. The molecule has 0 saturated heterocycles. The molecule has 0 atom stereocenters. The standard InChI is InChI=1S/C22H14F2N2O3/c23-18-11-10-15(12-19(18)24)29-22(28)20-16-8-4-5-9-17(16)21(27)26(25-20)13-14-6-2-1-3-7-14/h1-12H,13H2. The lowest BCUT2D eigenvalue weighted by Gasteiger charge is -2.11. The van der Waals surface area contributed by atoms with Crippen molar-refractivity contribution in [2.45, 2.75) is 6.54 Å². The number of aromatic nitrogens is 2. The van der Waals surface area contributed by atoms with Gasteiger partial charge < -0.3 is 4.74 Å². The van der Waals surface area contributed by atoms with Crippen LogP contribution in [-0.2, 0) is 6.54 Å². The van der Waals surface area contributed by atoms with Crippen LogP contribution in [0.4, 0.5) is 8.78 Å². The second kappa shape index (κ2) is 7.63. The van der Waals surface area contributed by atoms with Crippen molar-refractivity contribution in [3.8, 4) is 5.75 Å². The van der Waals surface area contributed by atoms with Gasteiger partial charge in [0.25, 0.3) is 5.56 Å². The SMILES string of the molecule is O=C(Oc1ccc(F)c(F)c1)c1nn(Cc2ccccc2)c(=O)c2ccccc12. The molecule has 0 amide bonds. The van der Waals surface area contributed by atoms with Gasteiger partial charge in [-0.25, -0.2) is 18.3 Å². The predicted octanol–water partition coefficient (Wildman–Crippen LogP) is 3.94. The number of benzene rings is 3. The van der Waals surface area contributed by atoms with E-state index in [1.54, 1.807) is 24.3 Å². The summed E-state index contributed by atoms with van der Waals surface area (Å²) in [6.45, 7) is 0.163. The van der Waals surface area contributed by atoms with Crippen molar-refractivity contribution in [3.63, 3.8) is 0 Å². The average Bonchev–Trinajstić information content (AvgIpc) is 2.73. The van der Waals surface area contributed by atoms with Crippen LogP contribution in [0.15, 0.2) is 77.6 Å². The highest BCUT2D eigenvalue weighted by Gasteiger charge is 2.19. The summed E-state index contributed by atoms with van der Waals surface area (Å²) in [5, 5.41) is 4.81. The number of nitrogens with zero attached hydrogens (tertiary/aromatic N) is 2. The largest absolute Gasteiger partial charge is 0.422 e. The number of ether oxygens (including phenoxy) is 1. The van der Waals surface area contributed by atoms with Crippen molar-refractivity contribution < 1.29 is 18.3 Å². The molecule has 4 aromatic rings. The Balaban J connectivity index is 1.78. The molecule has 144 valence electrons. The van der Waals surface area contributed by atoms with E-state index in [4.69, 9.17) is 4.74 Å². The third kappa shape index (κ3) is 3.75. The van der Waals surface area contributed by atoms with Crippen LogP contribution < -0.4 is 10.3 Å². The fourth-order valence-corrected chi connectivity index (χ4v) is 2.95. The van der Waals surface area contributed by atoms with Gasteiger partial charge in [-0.15, -0.1) is 0 Å². The van der Waals surface area contributed by atoms with Gasteiger partial charge in [0.1, 0.15) is 5.75 Å². The molecule has 1 heterocycles. The number of rotatable bonds is 4. The molecule has 0 fully saturated rings. The van der Waals surface area contributed by atoms with Gasteiger partial charge in [-0.1, -0.05) is 48.5 Å². The Labute approximate surface area is 163 Å². The quantitative estimate of drug-likeness (QED) is 0.390. The van der Waals surface area contributed by atoms with Crippen molar-refractivity contribution >= 4 is 16.7 Å². The Morgan fingerprint density at radius 2 is 1.59 bits per heavy atom. The summed E-state index contributed by atoms with van der Waals surface area (Å²) in [6, 6.07) is 18.5. The molecule has 0 spiro atoms. The summed E-state index contributed by atoms with van der Waals surface area (Å²) in [6.07, 6.45) is 0. The Kier molecular flexibility index (Phi) is 4.87. The molecule has 7 heteroatoms. The molecular formula is C22H14F2N2O3. The highest BCUT2D eigenvalue weighted by atomic mass is 19.2. The molecule has 0 N–H and O–H groups in total. The number of halogens is 2. The topological polar surface area (TPSA) is 61.2 Å². The monoisotopic (exact) mass is 392 g/mol. The lowest BCUT2D eigenvalue weighted by molar-refractivity contribution is 0.0727. The van der Waals surface area contributed by atoms with Gasteiger partial charge in [-0.2, -0.15) is 5.10 Å². The minimum atomic E-state index is -1.14. The van der Waals surface area contributed by atoms with Gasteiger partial charge in [0.05, 0.1) is 11.9 Å².